The van der Waals surface area contributed by atoms with Crippen LogP contribution in [0.3, 0.4) is 0 Å². The summed E-state index contributed by atoms with van der Waals surface area (Å²) >= 11 is 0. The molecule has 0 aromatic heterocycles. The number of carbonyl (C=O) groups excluding carboxylic acids is 1. The lowest BCUT2D eigenvalue weighted by molar-refractivity contribution is -0.125. The van der Waals surface area contributed by atoms with Crippen molar-refractivity contribution in [1.82, 2.24) is 15.1 Å². The minimum atomic E-state index is 0.0232. The summed E-state index contributed by atoms with van der Waals surface area (Å²) in [7, 11) is 2.20. The molecule has 1 atom stereocenters. The van der Waals surface area contributed by atoms with Crippen molar-refractivity contribution in [1.29, 1.82) is 0 Å². The molecule has 2 fully saturated rings. The van der Waals surface area contributed by atoms with Gasteiger partial charge in [-0.05, 0) is 69.9 Å². The van der Waals surface area contributed by atoms with Crippen molar-refractivity contribution in [3.63, 3.8) is 0 Å². The molecule has 0 saturated carbocycles. The molecule has 0 bridgehead atoms. The van der Waals surface area contributed by atoms with Crippen LogP contribution >= 0.6 is 0 Å². The maximum absolute atomic E-state index is 12.8. The van der Waals surface area contributed by atoms with Gasteiger partial charge in [-0.25, -0.2) is 0 Å². The standard InChI is InChI=1S/C21H33N3O2/c1-3-12-24-17-21(9-13-23(2)14-10-21)16-19(24)20(25)22-11-15-26-18-7-5-4-6-8-18/h4-8,19H,3,9-17H2,1-2H3,(H,22,25)/t19-/m1/s1. The van der Waals surface area contributed by atoms with Crippen LogP contribution in [-0.2, 0) is 4.79 Å². The van der Waals surface area contributed by atoms with Gasteiger partial charge in [0.1, 0.15) is 12.4 Å². The van der Waals surface area contributed by atoms with Crippen molar-refractivity contribution < 1.29 is 9.53 Å². The van der Waals surface area contributed by atoms with E-state index in [1.54, 1.807) is 0 Å². The number of hydrogen-bond acceptors (Lipinski definition) is 4. The van der Waals surface area contributed by atoms with Crippen molar-refractivity contribution in [3.8, 4) is 5.75 Å². The number of rotatable bonds is 7. The first kappa shape index (κ1) is 19.2. The predicted molar refractivity (Wildman–Crippen MR) is 104 cm³/mol. The first-order valence-electron chi connectivity index (χ1n) is 10.00. The summed E-state index contributed by atoms with van der Waals surface area (Å²) in [5.74, 6) is 1.02. The van der Waals surface area contributed by atoms with Crippen molar-refractivity contribution in [2.24, 2.45) is 5.41 Å². The molecule has 5 heteroatoms. The number of ether oxygens (including phenoxy) is 1. The van der Waals surface area contributed by atoms with Crippen molar-refractivity contribution in [2.45, 2.75) is 38.6 Å². The molecule has 2 heterocycles. The third-order valence-electron chi connectivity index (χ3n) is 5.88. The van der Waals surface area contributed by atoms with E-state index in [-0.39, 0.29) is 11.9 Å². The Hall–Kier alpha value is -1.59. The van der Waals surface area contributed by atoms with E-state index in [9.17, 15) is 4.79 Å². The molecule has 2 aliphatic rings. The lowest BCUT2D eigenvalue weighted by Crippen LogP contribution is -2.44. The molecule has 1 aromatic carbocycles. The second-order valence-corrected chi connectivity index (χ2v) is 7.95. The van der Waals surface area contributed by atoms with Gasteiger partial charge in [0.25, 0.3) is 0 Å². The molecule has 144 valence electrons. The number of likely N-dealkylation sites (tertiary alicyclic amines) is 2. The highest BCUT2D eigenvalue weighted by atomic mass is 16.5. The van der Waals surface area contributed by atoms with E-state index >= 15 is 0 Å². The third kappa shape index (κ3) is 4.77. The topological polar surface area (TPSA) is 44.8 Å². The predicted octanol–water partition coefficient (Wildman–Crippen LogP) is 2.38. The number of amides is 1. The highest BCUT2D eigenvalue weighted by molar-refractivity contribution is 5.82. The summed E-state index contributed by atoms with van der Waals surface area (Å²) in [6.45, 7) is 7.65. The van der Waals surface area contributed by atoms with Gasteiger partial charge in [-0.3, -0.25) is 9.69 Å². The maximum atomic E-state index is 12.8. The summed E-state index contributed by atoms with van der Waals surface area (Å²) < 4.78 is 5.68. The average molecular weight is 360 g/mol. The zero-order valence-electron chi connectivity index (χ0n) is 16.2. The molecule has 1 aromatic rings. The van der Waals surface area contributed by atoms with E-state index in [1.807, 2.05) is 30.3 Å². The molecular formula is C21H33N3O2. The van der Waals surface area contributed by atoms with Crippen LogP contribution in [0.15, 0.2) is 30.3 Å². The Morgan fingerprint density at radius 3 is 2.69 bits per heavy atom. The lowest BCUT2D eigenvalue weighted by atomic mass is 9.76. The molecule has 26 heavy (non-hydrogen) atoms. The molecule has 1 N–H and O–H groups in total. The van der Waals surface area contributed by atoms with E-state index in [0.717, 1.165) is 44.8 Å². The third-order valence-corrected chi connectivity index (χ3v) is 5.88. The van der Waals surface area contributed by atoms with Gasteiger partial charge in [0.05, 0.1) is 12.6 Å². The number of piperidine rings is 1. The second-order valence-electron chi connectivity index (χ2n) is 7.95. The zero-order chi connectivity index (χ0) is 18.4. The fourth-order valence-corrected chi connectivity index (χ4v) is 4.36. The van der Waals surface area contributed by atoms with Gasteiger partial charge in [0, 0.05) is 6.54 Å². The number of nitrogens with zero attached hydrogens (tertiary/aromatic N) is 2. The van der Waals surface area contributed by atoms with Crippen LogP contribution < -0.4 is 10.1 Å². The SMILES string of the molecule is CCCN1CC2(CCN(C)CC2)C[C@@H]1C(=O)NCCOc1ccccc1. The van der Waals surface area contributed by atoms with Gasteiger partial charge < -0.3 is 15.0 Å². The van der Waals surface area contributed by atoms with E-state index in [2.05, 4.69) is 29.1 Å². The van der Waals surface area contributed by atoms with Crippen molar-refractivity contribution in [3.05, 3.63) is 30.3 Å². The smallest absolute Gasteiger partial charge is 0.237 e. The Labute approximate surface area is 157 Å². The molecule has 1 amide bonds. The first-order valence-corrected chi connectivity index (χ1v) is 10.00. The van der Waals surface area contributed by atoms with Crippen LogP contribution in [-0.4, -0.2) is 68.1 Å². The summed E-state index contributed by atoms with van der Waals surface area (Å²) in [5.41, 5.74) is 0.338. The monoisotopic (exact) mass is 359 g/mol. The minimum absolute atomic E-state index is 0.0232. The van der Waals surface area contributed by atoms with E-state index < -0.39 is 0 Å². The average Bonchev–Trinajstić information content (AvgIpc) is 3.01. The fourth-order valence-electron chi connectivity index (χ4n) is 4.36. The number of carbonyl (C=O) groups is 1. The Morgan fingerprint density at radius 1 is 1.27 bits per heavy atom. The first-order chi connectivity index (χ1) is 12.6. The molecular weight excluding hydrogens is 326 g/mol. The van der Waals surface area contributed by atoms with E-state index in [4.69, 9.17) is 4.74 Å². The molecule has 0 radical (unpaired) electrons. The van der Waals surface area contributed by atoms with Gasteiger partial charge in [-0.1, -0.05) is 25.1 Å². The van der Waals surface area contributed by atoms with Gasteiger partial charge in [-0.15, -0.1) is 0 Å². The quantitative estimate of drug-likeness (QED) is 0.759. The molecule has 3 rings (SSSR count). The van der Waals surface area contributed by atoms with E-state index in [1.165, 1.54) is 12.8 Å². The number of nitrogens with one attached hydrogen (secondary N) is 1. The Kier molecular flexibility index (Phi) is 6.54. The van der Waals surface area contributed by atoms with Gasteiger partial charge in [-0.2, -0.15) is 0 Å². The van der Waals surface area contributed by atoms with Crippen LogP contribution in [0, 0.1) is 5.41 Å². The van der Waals surface area contributed by atoms with Crippen LogP contribution in [0.25, 0.3) is 0 Å². The van der Waals surface area contributed by atoms with Gasteiger partial charge in [0.15, 0.2) is 0 Å². The fraction of sp³-hybridized carbons (Fsp3) is 0.667. The normalized spacial score (nSPS) is 23.2. The summed E-state index contributed by atoms with van der Waals surface area (Å²) in [6, 6.07) is 9.77. The van der Waals surface area contributed by atoms with Gasteiger partial charge >= 0.3 is 0 Å². The van der Waals surface area contributed by atoms with Crippen LogP contribution in [0.4, 0.5) is 0 Å². The summed E-state index contributed by atoms with van der Waals surface area (Å²) in [5, 5.41) is 3.10. The van der Waals surface area contributed by atoms with Crippen molar-refractivity contribution in [2.75, 3.05) is 46.4 Å². The molecule has 5 nitrogen and oxygen atoms in total. The lowest BCUT2D eigenvalue weighted by Gasteiger charge is -2.37. The largest absolute Gasteiger partial charge is 0.492 e. The minimum Gasteiger partial charge on any atom is -0.492 e. The molecule has 0 unspecified atom stereocenters. The summed E-state index contributed by atoms with van der Waals surface area (Å²) in [6.07, 6.45) is 4.53. The zero-order valence-corrected chi connectivity index (χ0v) is 16.2. The summed E-state index contributed by atoms with van der Waals surface area (Å²) in [4.78, 5) is 17.6. The van der Waals surface area contributed by atoms with Crippen LogP contribution in [0.5, 0.6) is 5.75 Å². The number of benzene rings is 1. The maximum Gasteiger partial charge on any atom is 0.237 e. The molecule has 2 saturated heterocycles. The highest BCUT2D eigenvalue weighted by Crippen LogP contribution is 2.43. The Bertz CT molecular complexity index is 570. The molecule has 2 aliphatic heterocycles. The number of para-hydroxylation sites is 1. The Balaban J connectivity index is 1.49. The molecule has 1 spiro atoms. The van der Waals surface area contributed by atoms with Crippen molar-refractivity contribution >= 4 is 5.91 Å². The van der Waals surface area contributed by atoms with Crippen LogP contribution in [0.2, 0.25) is 0 Å². The van der Waals surface area contributed by atoms with Crippen LogP contribution in [0.1, 0.15) is 32.6 Å². The molecule has 0 aliphatic carbocycles. The van der Waals surface area contributed by atoms with Gasteiger partial charge in [0.2, 0.25) is 5.91 Å². The Morgan fingerprint density at radius 2 is 2.00 bits per heavy atom. The van der Waals surface area contributed by atoms with E-state index in [0.29, 0.717) is 18.6 Å². The number of hydrogen-bond donors (Lipinski definition) is 1. The second kappa shape index (κ2) is 8.87. The highest BCUT2D eigenvalue weighted by Gasteiger charge is 2.47.